The molecule has 0 aromatic rings. The van der Waals surface area contributed by atoms with Crippen LogP contribution in [0.15, 0.2) is 0 Å². The Kier molecular flexibility index (Phi) is 8.46. The Morgan fingerprint density at radius 3 is 1.36 bits per heavy atom. The van der Waals surface area contributed by atoms with Gasteiger partial charge in [0.2, 0.25) is 0 Å². The van der Waals surface area contributed by atoms with Gasteiger partial charge in [0.25, 0.3) is 0 Å². The minimum atomic E-state index is 0.0503. The van der Waals surface area contributed by atoms with Crippen molar-refractivity contribution in [2.24, 2.45) is 0 Å². The van der Waals surface area contributed by atoms with E-state index < -0.39 is 0 Å². The van der Waals surface area contributed by atoms with Gasteiger partial charge in [-0.3, -0.25) is 0 Å². The molecule has 0 bridgehead atoms. The Morgan fingerprint density at radius 1 is 0.929 bits per heavy atom. The molecule has 0 saturated heterocycles. The van der Waals surface area contributed by atoms with E-state index >= 15 is 0 Å². The van der Waals surface area contributed by atoms with Crippen LogP contribution in [0.5, 0.6) is 0 Å². The van der Waals surface area contributed by atoms with Crippen molar-refractivity contribution in [2.45, 2.75) is 66.1 Å². The molecule has 0 spiro atoms. The second-order valence-electron chi connectivity index (χ2n) is 4.86. The normalized spacial score (nSPS) is 12.0. The van der Waals surface area contributed by atoms with Crippen LogP contribution in [0.25, 0.3) is 0 Å². The highest BCUT2D eigenvalue weighted by Crippen LogP contribution is 2.10. The minimum absolute atomic E-state index is 0.0503. The van der Waals surface area contributed by atoms with Gasteiger partial charge in [-0.25, -0.2) is 0 Å². The summed E-state index contributed by atoms with van der Waals surface area (Å²) >= 11 is 0. The Balaban J connectivity index is 0. The van der Waals surface area contributed by atoms with Gasteiger partial charge in [0, 0.05) is 13.7 Å². The van der Waals surface area contributed by atoms with Crippen molar-refractivity contribution in [3.05, 3.63) is 0 Å². The number of rotatable bonds is 3. The highest BCUT2D eigenvalue weighted by Gasteiger charge is 2.10. The van der Waals surface area contributed by atoms with Gasteiger partial charge in [0.1, 0.15) is 0 Å². The van der Waals surface area contributed by atoms with Gasteiger partial charge in [0.05, 0.1) is 11.2 Å². The Labute approximate surface area is 90.0 Å². The van der Waals surface area contributed by atoms with Gasteiger partial charge in [-0.2, -0.15) is 0 Å². The molecule has 2 nitrogen and oxygen atoms in total. The Bertz CT molecular complexity index is 117. The van der Waals surface area contributed by atoms with E-state index in [2.05, 4.69) is 41.5 Å². The summed E-state index contributed by atoms with van der Waals surface area (Å²) in [5, 5.41) is 0. The van der Waals surface area contributed by atoms with Gasteiger partial charge in [-0.1, -0.05) is 6.92 Å². The standard InChI is InChI=1S/2C6H14O/c1-5-6(2,3)7-4;1-5-7-6(2,3)4/h2*5H2,1-4H3. The quantitative estimate of drug-likeness (QED) is 0.698. The van der Waals surface area contributed by atoms with Crippen molar-refractivity contribution < 1.29 is 9.47 Å². The first-order valence-corrected chi connectivity index (χ1v) is 5.37. The summed E-state index contributed by atoms with van der Waals surface area (Å²) < 4.78 is 10.3. The molecule has 2 heteroatoms. The van der Waals surface area contributed by atoms with Crippen molar-refractivity contribution in [3.63, 3.8) is 0 Å². The predicted octanol–water partition coefficient (Wildman–Crippen LogP) is 3.64. The summed E-state index contributed by atoms with van der Waals surface area (Å²) in [6.45, 7) is 15.2. The highest BCUT2D eigenvalue weighted by atomic mass is 16.5. The van der Waals surface area contributed by atoms with E-state index in [0.717, 1.165) is 13.0 Å². The topological polar surface area (TPSA) is 18.5 Å². The Hall–Kier alpha value is -0.0800. The molecule has 0 aromatic heterocycles. The SMILES string of the molecule is CCC(C)(C)OC.CCOC(C)(C)C. The number of ether oxygens (including phenoxy) is 2. The van der Waals surface area contributed by atoms with E-state index in [4.69, 9.17) is 9.47 Å². The molecule has 0 atom stereocenters. The van der Waals surface area contributed by atoms with Gasteiger partial charge in [-0.15, -0.1) is 0 Å². The van der Waals surface area contributed by atoms with Crippen molar-refractivity contribution >= 4 is 0 Å². The van der Waals surface area contributed by atoms with Crippen LogP contribution in [-0.4, -0.2) is 24.9 Å². The fourth-order valence-corrected chi connectivity index (χ4v) is 0.577. The summed E-state index contributed by atoms with van der Waals surface area (Å²) in [5.74, 6) is 0. The highest BCUT2D eigenvalue weighted by molar-refractivity contribution is 4.62. The average Bonchev–Trinajstić information content (AvgIpc) is 2.04. The summed E-state index contributed by atoms with van der Waals surface area (Å²) in [4.78, 5) is 0. The van der Waals surface area contributed by atoms with Gasteiger partial charge in [0.15, 0.2) is 0 Å². The van der Waals surface area contributed by atoms with Crippen LogP contribution in [-0.2, 0) is 9.47 Å². The molecule has 0 rings (SSSR count). The fourth-order valence-electron chi connectivity index (χ4n) is 0.577. The van der Waals surface area contributed by atoms with Crippen molar-refractivity contribution in [3.8, 4) is 0 Å². The van der Waals surface area contributed by atoms with E-state index in [1.807, 2.05) is 6.92 Å². The lowest BCUT2D eigenvalue weighted by Crippen LogP contribution is -2.20. The van der Waals surface area contributed by atoms with Gasteiger partial charge in [-0.05, 0) is 48.0 Å². The average molecular weight is 204 g/mol. The molecule has 0 aliphatic rings. The smallest absolute Gasteiger partial charge is 0.0620 e. The van der Waals surface area contributed by atoms with Crippen LogP contribution in [0.4, 0.5) is 0 Å². The monoisotopic (exact) mass is 204 g/mol. The molecule has 0 unspecified atom stereocenters. The maximum atomic E-state index is 5.23. The van der Waals surface area contributed by atoms with Gasteiger partial charge >= 0.3 is 0 Å². The zero-order valence-corrected chi connectivity index (χ0v) is 11.2. The molecule has 0 radical (unpaired) electrons. The molecule has 0 amide bonds. The molecular weight excluding hydrogens is 176 g/mol. The van der Waals surface area contributed by atoms with E-state index in [1.54, 1.807) is 7.11 Å². The molecule has 88 valence electrons. The first-order valence-electron chi connectivity index (χ1n) is 5.37. The summed E-state index contributed by atoms with van der Waals surface area (Å²) in [6, 6.07) is 0. The second-order valence-corrected chi connectivity index (χ2v) is 4.86. The van der Waals surface area contributed by atoms with Crippen LogP contribution >= 0.6 is 0 Å². The fraction of sp³-hybridized carbons (Fsp3) is 1.00. The molecular formula is C12H28O2. The zero-order chi connectivity index (χ0) is 11.8. The number of hydrogen-bond donors (Lipinski definition) is 0. The third-order valence-electron chi connectivity index (χ3n) is 1.98. The maximum absolute atomic E-state index is 5.23. The molecule has 0 N–H and O–H groups in total. The van der Waals surface area contributed by atoms with Crippen LogP contribution in [0.3, 0.4) is 0 Å². The molecule has 0 aliphatic heterocycles. The predicted molar refractivity (Wildman–Crippen MR) is 62.8 cm³/mol. The summed E-state index contributed by atoms with van der Waals surface area (Å²) in [6.07, 6.45) is 1.07. The second kappa shape index (κ2) is 7.24. The van der Waals surface area contributed by atoms with E-state index in [0.29, 0.717) is 0 Å². The number of methoxy groups -OCH3 is 1. The summed E-state index contributed by atoms with van der Waals surface area (Å²) in [7, 11) is 1.74. The minimum Gasteiger partial charge on any atom is -0.379 e. The van der Waals surface area contributed by atoms with Crippen molar-refractivity contribution in [1.29, 1.82) is 0 Å². The molecule has 0 saturated carbocycles. The molecule has 0 heterocycles. The molecule has 0 aromatic carbocycles. The van der Waals surface area contributed by atoms with E-state index in [9.17, 15) is 0 Å². The summed E-state index contributed by atoms with van der Waals surface area (Å²) in [5.41, 5.74) is 0.134. The maximum Gasteiger partial charge on any atom is 0.0620 e. The van der Waals surface area contributed by atoms with Crippen molar-refractivity contribution in [1.82, 2.24) is 0 Å². The van der Waals surface area contributed by atoms with Gasteiger partial charge < -0.3 is 9.47 Å². The lowest BCUT2D eigenvalue weighted by molar-refractivity contribution is 0.00531. The van der Waals surface area contributed by atoms with Crippen LogP contribution in [0.2, 0.25) is 0 Å². The van der Waals surface area contributed by atoms with Crippen LogP contribution < -0.4 is 0 Å². The zero-order valence-electron chi connectivity index (χ0n) is 11.2. The third-order valence-corrected chi connectivity index (χ3v) is 1.98. The largest absolute Gasteiger partial charge is 0.379 e. The van der Waals surface area contributed by atoms with Crippen molar-refractivity contribution in [2.75, 3.05) is 13.7 Å². The first-order chi connectivity index (χ1) is 6.18. The van der Waals surface area contributed by atoms with E-state index in [-0.39, 0.29) is 11.2 Å². The van der Waals surface area contributed by atoms with E-state index in [1.165, 1.54) is 0 Å². The third kappa shape index (κ3) is 14.4. The lowest BCUT2D eigenvalue weighted by Gasteiger charge is -2.19. The molecule has 14 heavy (non-hydrogen) atoms. The number of hydrogen-bond acceptors (Lipinski definition) is 2. The van der Waals surface area contributed by atoms with Crippen LogP contribution in [0, 0.1) is 0 Å². The Morgan fingerprint density at radius 2 is 1.36 bits per heavy atom. The molecule has 0 fully saturated rings. The lowest BCUT2D eigenvalue weighted by atomic mass is 10.1. The first kappa shape index (κ1) is 16.4. The molecule has 0 aliphatic carbocycles. The van der Waals surface area contributed by atoms with Crippen LogP contribution in [0.1, 0.15) is 54.9 Å².